The molecule has 1 aromatic heterocycles. The number of esters is 1. The summed E-state index contributed by atoms with van der Waals surface area (Å²) in [6.45, 7) is 0. The second kappa shape index (κ2) is 5.29. The second-order valence-corrected chi connectivity index (χ2v) is 5.35. The fourth-order valence-electron chi connectivity index (χ4n) is 2.06. The van der Waals surface area contributed by atoms with Crippen molar-refractivity contribution in [3.8, 4) is 5.69 Å². The molecule has 0 radical (unpaired) electrons. The maximum absolute atomic E-state index is 11.9. The lowest BCUT2D eigenvalue weighted by Crippen LogP contribution is -2.10. The van der Waals surface area contributed by atoms with Crippen LogP contribution in [0.5, 0.6) is 0 Å². The number of nitrogen functional groups attached to an aromatic ring is 1. The number of hydrogen-bond acceptors (Lipinski definition) is 5. The van der Waals surface area contributed by atoms with Gasteiger partial charge in [0.25, 0.3) is 0 Å². The molecular formula is C14H15ClN4O2. The van der Waals surface area contributed by atoms with E-state index in [1.54, 1.807) is 18.2 Å². The average molecular weight is 307 g/mol. The van der Waals surface area contributed by atoms with Gasteiger partial charge in [0.1, 0.15) is 11.4 Å². The molecule has 1 aliphatic carbocycles. The van der Waals surface area contributed by atoms with Crippen molar-refractivity contribution < 1.29 is 9.53 Å². The first-order valence-corrected chi connectivity index (χ1v) is 6.97. The number of benzene rings is 1. The highest BCUT2D eigenvalue weighted by Crippen LogP contribution is 2.31. The number of aromatic nitrogens is 2. The smallest absolute Gasteiger partial charge is 0.345 e. The van der Waals surface area contributed by atoms with Crippen molar-refractivity contribution in [3.63, 3.8) is 0 Å². The molecule has 1 aromatic carbocycles. The summed E-state index contributed by atoms with van der Waals surface area (Å²) in [5.41, 5.74) is 7.02. The first kappa shape index (κ1) is 13.8. The molecule has 110 valence electrons. The Morgan fingerprint density at radius 1 is 1.52 bits per heavy atom. The molecule has 3 N–H and O–H groups in total. The van der Waals surface area contributed by atoms with E-state index in [0.29, 0.717) is 22.6 Å². The summed E-state index contributed by atoms with van der Waals surface area (Å²) in [6, 6.07) is 7.44. The summed E-state index contributed by atoms with van der Waals surface area (Å²) in [7, 11) is 1.32. The number of carbonyl (C=O) groups is 1. The van der Waals surface area contributed by atoms with Crippen molar-refractivity contribution >= 4 is 29.2 Å². The number of ether oxygens (including phenoxy) is 1. The SMILES string of the molecule is COC(=O)c1c(NC2CC2)nn(-c2cccc(Cl)c2)c1N. The predicted octanol–water partition coefficient (Wildman–Crippen LogP) is 2.47. The maximum Gasteiger partial charge on any atom is 0.345 e. The van der Waals surface area contributed by atoms with Crippen LogP contribution < -0.4 is 11.1 Å². The van der Waals surface area contributed by atoms with Gasteiger partial charge >= 0.3 is 5.97 Å². The minimum Gasteiger partial charge on any atom is -0.465 e. The summed E-state index contributed by atoms with van der Waals surface area (Å²) < 4.78 is 6.28. The highest BCUT2D eigenvalue weighted by atomic mass is 35.5. The van der Waals surface area contributed by atoms with Gasteiger partial charge in [0.15, 0.2) is 5.82 Å². The lowest BCUT2D eigenvalue weighted by Gasteiger charge is -2.04. The van der Waals surface area contributed by atoms with Crippen molar-refractivity contribution in [2.45, 2.75) is 18.9 Å². The quantitative estimate of drug-likeness (QED) is 0.848. The fourth-order valence-corrected chi connectivity index (χ4v) is 2.25. The van der Waals surface area contributed by atoms with Gasteiger partial charge in [-0.15, -0.1) is 5.10 Å². The maximum atomic E-state index is 11.9. The normalized spacial score (nSPS) is 14.0. The van der Waals surface area contributed by atoms with Gasteiger partial charge < -0.3 is 15.8 Å². The Kier molecular flexibility index (Phi) is 3.47. The van der Waals surface area contributed by atoms with Crippen LogP contribution in [0, 0.1) is 0 Å². The lowest BCUT2D eigenvalue weighted by molar-refractivity contribution is 0.0603. The lowest BCUT2D eigenvalue weighted by atomic mass is 10.3. The average Bonchev–Trinajstić information content (AvgIpc) is 3.21. The molecule has 0 spiro atoms. The van der Waals surface area contributed by atoms with Gasteiger partial charge in [-0.2, -0.15) is 0 Å². The van der Waals surface area contributed by atoms with Crippen LogP contribution in [0.25, 0.3) is 5.69 Å². The molecular weight excluding hydrogens is 292 g/mol. The van der Waals surface area contributed by atoms with Crippen LogP contribution in [0.15, 0.2) is 24.3 Å². The zero-order valence-electron chi connectivity index (χ0n) is 11.5. The summed E-state index contributed by atoms with van der Waals surface area (Å²) >= 11 is 5.99. The van der Waals surface area contributed by atoms with Crippen molar-refractivity contribution in [3.05, 3.63) is 34.9 Å². The zero-order valence-corrected chi connectivity index (χ0v) is 12.2. The van der Waals surface area contributed by atoms with Crippen LogP contribution in [-0.4, -0.2) is 28.9 Å². The topological polar surface area (TPSA) is 82.2 Å². The largest absolute Gasteiger partial charge is 0.465 e. The van der Waals surface area contributed by atoms with E-state index >= 15 is 0 Å². The first-order chi connectivity index (χ1) is 10.1. The number of hydrogen-bond donors (Lipinski definition) is 2. The van der Waals surface area contributed by atoms with E-state index in [2.05, 4.69) is 10.4 Å². The van der Waals surface area contributed by atoms with Crippen LogP contribution in [0.1, 0.15) is 23.2 Å². The molecule has 2 aromatic rings. The summed E-state index contributed by atoms with van der Waals surface area (Å²) in [4.78, 5) is 11.9. The third-order valence-corrected chi connectivity index (χ3v) is 3.52. The Morgan fingerprint density at radius 2 is 2.29 bits per heavy atom. The van der Waals surface area contributed by atoms with E-state index < -0.39 is 5.97 Å². The van der Waals surface area contributed by atoms with Crippen LogP contribution in [-0.2, 0) is 4.74 Å². The number of halogens is 1. The van der Waals surface area contributed by atoms with Gasteiger partial charge in [0, 0.05) is 11.1 Å². The molecule has 1 saturated carbocycles. The second-order valence-electron chi connectivity index (χ2n) is 4.91. The molecule has 0 aliphatic heterocycles. The Hall–Kier alpha value is -2.21. The molecule has 0 saturated heterocycles. The van der Waals surface area contributed by atoms with Gasteiger partial charge in [0.2, 0.25) is 0 Å². The highest BCUT2D eigenvalue weighted by molar-refractivity contribution is 6.30. The van der Waals surface area contributed by atoms with E-state index in [9.17, 15) is 4.79 Å². The van der Waals surface area contributed by atoms with Crippen LogP contribution >= 0.6 is 11.6 Å². The number of carbonyl (C=O) groups excluding carboxylic acids is 1. The van der Waals surface area contributed by atoms with Crippen LogP contribution in [0.3, 0.4) is 0 Å². The third kappa shape index (κ3) is 2.67. The Balaban J connectivity index is 2.08. The van der Waals surface area contributed by atoms with E-state index in [1.807, 2.05) is 6.07 Å². The zero-order chi connectivity index (χ0) is 15.0. The van der Waals surface area contributed by atoms with Gasteiger partial charge in [-0.1, -0.05) is 17.7 Å². The third-order valence-electron chi connectivity index (χ3n) is 3.28. The summed E-state index contributed by atoms with van der Waals surface area (Å²) in [6.07, 6.45) is 2.12. The number of nitrogens with one attached hydrogen (secondary N) is 1. The van der Waals surface area contributed by atoms with Crippen LogP contribution in [0.2, 0.25) is 5.02 Å². The molecule has 21 heavy (non-hydrogen) atoms. The molecule has 0 amide bonds. The summed E-state index contributed by atoms with van der Waals surface area (Å²) in [5, 5.41) is 8.16. The molecule has 0 atom stereocenters. The van der Waals surface area contributed by atoms with E-state index in [-0.39, 0.29) is 11.4 Å². The molecule has 0 bridgehead atoms. The van der Waals surface area contributed by atoms with Crippen molar-refractivity contribution in [1.82, 2.24) is 9.78 Å². The number of methoxy groups -OCH3 is 1. The van der Waals surface area contributed by atoms with Gasteiger partial charge in [-0.25, -0.2) is 9.48 Å². The van der Waals surface area contributed by atoms with E-state index in [0.717, 1.165) is 12.8 Å². The molecule has 1 heterocycles. The Morgan fingerprint density at radius 3 is 2.90 bits per heavy atom. The molecule has 7 heteroatoms. The fraction of sp³-hybridized carbons (Fsp3) is 0.286. The van der Waals surface area contributed by atoms with Crippen molar-refractivity contribution in [1.29, 1.82) is 0 Å². The first-order valence-electron chi connectivity index (χ1n) is 6.59. The molecule has 1 aliphatic rings. The number of anilines is 2. The molecule has 1 fully saturated rings. The molecule has 0 unspecified atom stereocenters. The van der Waals surface area contributed by atoms with Crippen molar-refractivity contribution in [2.24, 2.45) is 0 Å². The number of rotatable bonds is 4. The molecule has 3 rings (SSSR count). The Bertz CT molecular complexity index is 694. The van der Waals surface area contributed by atoms with E-state index in [4.69, 9.17) is 22.1 Å². The minimum atomic E-state index is -0.510. The number of nitrogens with zero attached hydrogens (tertiary/aromatic N) is 2. The summed E-state index contributed by atoms with van der Waals surface area (Å²) in [5.74, 6) is 0.165. The Labute approximate surface area is 126 Å². The van der Waals surface area contributed by atoms with Gasteiger partial charge in [-0.05, 0) is 31.0 Å². The number of nitrogens with two attached hydrogens (primary N) is 1. The molecule has 6 nitrogen and oxygen atoms in total. The highest BCUT2D eigenvalue weighted by Gasteiger charge is 2.29. The van der Waals surface area contributed by atoms with Gasteiger partial charge in [-0.3, -0.25) is 0 Å². The van der Waals surface area contributed by atoms with E-state index in [1.165, 1.54) is 11.8 Å². The standard InChI is InChI=1S/C14H15ClN4O2/c1-21-14(20)11-12(16)19(10-4-2-3-8(15)7-10)18-13(11)17-9-5-6-9/h2-4,7,9H,5-6,16H2,1H3,(H,17,18). The van der Waals surface area contributed by atoms with Gasteiger partial charge in [0.05, 0.1) is 12.8 Å². The minimum absolute atomic E-state index is 0.229. The predicted molar refractivity (Wildman–Crippen MR) is 81.0 cm³/mol. The monoisotopic (exact) mass is 306 g/mol. The van der Waals surface area contributed by atoms with Crippen molar-refractivity contribution in [2.75, 3.05) is 18.2 Å². The van der Waals surface area contributed by atoms with Crippen LogP contribution in [0.4, 0.5) is 11.6 Å².